The topological polar surface area (TPSA) is 55.2 Å². The third-order valence-electron chi connectivity index (χ3n) is 2.73. The second-order valence-corrected chi connectivity index (χ2v) is 5.35. The van der Waals surface area contributed by atoms with Crippen molar-refractivity contribution in [3.05, 3.63) is 33.3 Å². The second-order valence-electron chi connectivity index (χ2n) is 4.94. The van der Waals surface area contributed by atoms with E-state index in [0.29, 0.717) is 5.92 Å². The molecule has 1 aromatic carbocycles. The lowest BCUT2D eigenvalue weighted by molar-refractivity contribution is -0.384. The summed E-state index contributed by atoms with van der Waals surface area (Å²) in [6.07, 6.45) is 2.16. The van der Waals surface area contributed by atoms with Gasteiger partial charge in [-0.05, 0) is 37.8 Å². The van der Waals surface area contributed by atoms with Crippen LogP contribution in [0, 0.1) is 16.0 Å². The minimum atomic E-state index is -0.466. The molecule has 0 spiro atoms. The van der Waals surface area contributed by atoms with Crippen molar-refractivity contribution in [1.29, 1.82) is 0 Å². The van der Waals surface area contributed by atoms with Gasteiger partial charge in [-0.15, -0.1) is 0 Å². The standard InChI is InChI=1S/C13H19ClN2O2/c1-9(2)4-5-10(3)15-11-6-7-12(14)13(8-11)16(17)18/h6-10,15H,4-5H2,1-3H3. The Hall–Kier alpha value is -1.29. The molecular formula is C13H19ClN2O2. The molecule has 1 N–H and O–H groups in total. The van der Waals surface area contributed by atoms with E-state index in [4.69, 9.17) is 11.6 Å². The molecule has 0 saturated heterocycles. The van der Waals surface area contributed by atoms with Crippen molar-refractivity contribution in [2.75, 3.05) is 5.32 Å². The molecule has 18 heavy (non-hydrogen) atoms. The van der Waals surface area contributed by atoms with Crippen LogP contribution in [0.3, 0.4) is 0 Å². The van der Waals surface area contributed by atoms with Gasteiger partial charge < -0.3 is 5.32 Å². The fraction of sp³-hybridized carbons (Fsp3) is 0.538. The predicted molar refractivity (Wildman–Crippen MR) is 75.3 cm³/mol. The Morgan fingerprint density at radius 1 is 1.33 bits per heavy atom. The Kier molecular flexibility index (Phi) is 5.41. The molecule has 1 atom stereocenters. The second kappa shape index (κ2) is 6.59. The maximum Gasteiger partial charge on any atom is 0.289 e. The summed E-state index contributed by atoms with van der Waals surface area (Å²) in [4.78, 5) is 10.3. The molecule has 0 aliphatic rings. The van der Waals surface area contributed by atoms with Crippen LogP contribution in [0.25, 0.3) is 0 Å². The van der Waals surface area contributed by atoms with Crippen molar-refractivity contribution in [2.24, 2.45) is 5.92 Å². The molecule has 0 aliphatic carbocycles. The van der Waals surface area contributed by atoms with Crippen molar-refractivity contribution < 1.29 is 4.92 Å². The highest BCUT2D eigenvalue weighted by molar-refractivity contribution is 6.32. The van der Waals surface area contributed by atoms with Gasteiger partial charge in [0.25, 0.3) is 5.69 Å². The Balaban J connectivity index is 2.67. The molecular weight excluding hydrogens is 252 g/mol. The van der Waals surface area contributed by atoms with E-state index in [-0.39, 0.29) is 16.8 Å². The molecule has 0 saturated carbocycles. The zero-order valence-corrected chi connectivity index (χ0v) is 11.7. The van der Waals surface area contributed by atoms with Crippen LogP contribution in [0.1, 0.15) is 33.6 Å². The molecule has 100 valence electrons. The van der Waals surface area contributed by atoms with Gasteiger partial charge in [0.15, 0.2) is 0 Å². The van der Waals surface area contributed by atoms with Gasteiger partial charge in [0.05, 0.1) is 4.92 Å². The number of benzene rings is 1. The lowest BCUT2D eigenvalue weighted by atomic mass is 10.0. The summed E-state index contributed by atoms with van der Waals surface area (Å²) in [5.74, 6) is 0.661. The first-order valence-corrected chi connectivity index (χ1v) is 6.48. The number of hydrogen-bond acceptors (Lipinski definition) is 3. The Morgan fingerprint density at radius 3 is 2.56 bits per heavy atom. The van der Waals surface area contributed by atoms with Gasteiger partial charge in [-0.3, -0.25) is 10.1 Å². The van der Waals surface area contributed by atoms with Crippen LogP contribution in [-0.2, 0) is 0 Å². The molecule has 0 fully saturated rings. The molecule has 0 aliphatic heterocycles. The number of rotatable bonds is 6. The highest BCUT2D eigenvalue weighted by Crippen LogP contribution is 2.27. The largest absolute Gasteiger partial charge is 0.382 e. The van der Waals surface area contributed by atoms with Crippen molar-refractivity contribution in [3.63, 3.8) is 0 Å². The summed E-state index contributed by atoms with van der Waals surface area (Å²) >= 11 is 5.76. The molecule has 1 aromatic rings. The van der Waals surface area contributed by atoms with Crippen molar-refractivity contribution >= 4 is 23.0 Å². The monoisotopic (exact) mass is 270 g/mol. The third-order valence-corrected chi connectivity index (χ3v) is 3.05. The van der Waals surface area contributed by atoms with Crippen molar-refractivity contribution in [1.82, 2.24) is 0 Å². The first-order chi connectivity index (χ1) is 8.40. The quantitative estimate of drug-likeness (QED) is 0.612. The van der Waals surface area contributed by atoms with Gasteiger partial charge in [-0.2, -0.15) is 0 Å². The van der Waals surface area contributed by atoms with E-state index in [1.165, 1.54) is 6.07 Å². The summed E-state index contributed by atoms with van der Waals surface area (Å²) in [5, 5.41) is 14.2. The highest BCUT2D eigenvalue weighted by atomic mass is 35.5. The Labute approximate surface area is 112 Å². The molecule has 0 radical (unpaired) electrons. The summed E-state index contributed by atoms with van der Waals surface area (Å²) in [7, 11) is 0. The van der Waals surface area contributed by atoms with Crippen molar-refractivity contribution in [3.8, 4) is 0 Å². The third kappa shape index (κ3) is 4.53. The Bertz CT molecular complexity index is 421. The van der Waals surface area contributed by atoms with Gasteiger partial charge in [0.1, 0.15) is 5.02 Å². The first-order valence-electron chi connectivity index (χ1n) is 6.10. The van der Waals surface area contributed by atoms with Crippen LogP contribution in [0.15, 0.2) is 18.2 Å². The number of nitrogens with one attached hydrogen (secondary N) is 1. The number of anilines is 1. The molecule has 4 nitrogen and oxygen atoms in total. The SMILES string of the molecule is CC(C)CCC(C)Nc1ccc(Cl)c([N+](=O)[O-])c1. The summed E-state index contributed by atoms with van der Waals surface area (Å²) in [6, 6.07) is 5.08. The van der Waals surface area contributed by atoms with Crippen LogP contribution in [-0.4, -0.2) is 11.0 Å². The van der Waals surface area contributed by atoms with Crippen molar-refractivity contribution in [2.45, 2.75) is 39.7 Å². The van der Waals surface area contributed by atoms with E-state index < -0.39 is 4.92 Å². The smallest absolute Gasteiger partial charge is 0.289 e. The molecule has 0 bridgehead atoms. The van der Waals surface area contributed by atoms with E-state index in [1.807, 2.05) is 0 Å². The summed E-state index contributed by atoms with van der Waals surface area (Å²) in [6.45, 7) is 6.43. The maximum absolute atomic E-state index is 10.8. The van der Waals surface area contributed by atoms with Gasteiger partial charge in [0, 0.05) is 17.8 Å². The molecule has 5 heteroatoms. The summed E-state index contributed by atoms with van der Waals surface area (Å²) in [5.41, 5.74) is 0.681. The lowest BCUT2D eigenvalue weighted by Crippen LogP contribution is -2.15. The average molecular weight is 271 g/mol. The average Bonchev–Trinajstić information content (AvgIpc) is 2.28. The van der Waals surface area contributed by atoms with Gasteiger partial charge in [-0.1, -0.05) is 25.4 Å². The van der Waals surface area contributed by atoms with E-state index in [0.717, 1.165) is 18.5 Å². The van der Waals surface area contributed by atoms with E-state index in [2.05, 4.69) is 26.1 Å². The first kappa shape index (κ1) is 14.8. The minimum absolute atomic E-state index is 0.0577. The van der Waals surface area contributed by atoms with E-state index in [9.17, 15) is 10.1 Å². The fourth-order valence-electron chi connectivity index (χ4n) is 1.68. The fourth-order valence-corrected chi connectivity index (χ4v) is 1.87. The van der Waals surface area contributed by atoms with Crippen LogP contribution in [0.4, 0.5) is 11.4 Å². The molecule has 1 rings (SSSR count). The molecule has 0 heterocycles. The van der Waals surface area contributed by atoms with Gasteiger partial charge in [-0.25, -0.2) is 0 Å². The predicted octanol–water partition coefficient (Wildman–Crippen LogP) is 4.48. The zero-order valence-electron chi connectivity index (χ0n) is 10.9. The highest BCUT2D eigenvalue weighted by Gasteiger charge is 2.13. The number of nitro groups is 1. The number of hydrogen-bond donors (Lipinski definition) is 1. The van der Waals surface area contributed by atoms with Crippen LogP contribution in [0.5, 0.6) is 0 Å². The molecule has 1 unspecified atom stereocenters. The molecule has 0 aromatic heterocycles. The van der Waals surface area contributed by atoms with Gasteiger partial charge in [0.2, 0.25) is 0 Å². The normalized spacial score (nSPS) is 12.5. The number of halogens is 1. The van der Waals surface area contributed by atoms with Crippen LogP contribution >= 0.6 is 11.6 Å². The zero-order chi connectivity index (χ0) is 13.7. The molecule has 0 amide bonds. The van der Waals surface area contributed by atoms with E-state index >= 15 is 0 Å². The summed E-state index contributed by atoms with van der Waals surface area (Å²) < 4.78 is 0. The van der Waals surface area contributed by atoms with Crippen LogP contribution < -0.4 is 5.32 Å². The minimum Gasteiger partial charge on any atom is -0.382 e. The van der Waals surface area contributed by atoms with Crippen LogP contribution in [0.2, 0.25) is 5.02 Å². The number of nitrogens with zero attached hydrogens (tertiary/aromatic N) is 1. The van der Waals surface area contributed by atoms with E-state index in [1.54, 1.807) is 12.1 Å². The van der Waals surface area contributed by atoms with Gasteiger partial charge >= 0.3 is 0 Å². The lowest BCUT2D eigenvalue weighted by Gasteiger charge is -2.16. The maximum atomic E-state index is 10.8. The Morgan fingerprint density at radius 2 is 2.00 bits per heavy atom. The number of nitro benzene ring substituents is 1.